The Morgan fingerprint density at radius 3 is 2.63 bits per heavy atom. The van der Waals surface area contributed by atoms with Crippen molar-refractivity contribution in [2.45, 2.75) is 18.9 Å². The molecular formula is C24H22F2N2O2. The first-order valence-corrected chi connectivity index (χ1v) is 9.91. The number of ether oxygens (including phenoxy) is 1. The summed E-state index contributed by atoms with van der Waals surface area (Å²) in [6.07, 6.45) is 0.269. The van der Waals surface area contributed by atoms with Gasteiger partial charge in [0.25, 0.3) is 0 Å². The maximum absolute atomic E-state index is 14.0. The van der Waals surface area contributed by atoms with Crippen LogP contribution >= 0.6 is 0 Å². The number of nitrogens with zero attached hydrogens (tertiary/aromatic N) is 2. The maximum Gasteiger partial charge on any atom is 0.227 e. The highest BCUT2D eigenvalue weighted by molar-refractivity contribution is 5.78. The van der Waals surface area contributed by atoms with Gasteiger partial charge in [0.1, 0.15) is 17.7 Å². The number of halogens is 2. The molecule has 1 saturated heterocycles. The van der Waals surface area contributed by atoms with Gasteiger partial charge in [0.05, 0.1) is 25.3 Å². The van der Waals surface area contributed by atoms with Gasteiger partial charge in [0, 0.05) is 18.7 Å². The lowest BCUT2D eigenvalue weighted by Crippen LogP contribution is -2.43. The van der Waals surface area contributed by atoms with Gasteiger partial charge in [-0.15, -0.1) is 0 Å². The molecule has 2 aromatic carbocycles. The molecule has 4 rings (SSSR count). The van der Waals surface area contributed by atoms with Crippen LogP contribution in [-0.2, 0) is 22.4 Å². The first-order chi connectivity index (χ1) is 14.6. The van der Waals surface area contributed by atoms with E-state index in [1.165, 1.54) is 18.2 Å². The summed E-state index contributed by atoms with van der Waals surface area (Å²) >= 11 is 0. The molecular weight excluding hydrogens is 386 g/mol. The molecule has 0 radical (unpaired) electrons. The van der Waals surface area contributed by atoms with E-state index in [9.17, 15) is 13.6 Å². The van der Waals surface area contributed by atoms with Crippen LogP contribution in [0.1, 0.15) is 28.6 Å². The van der Waals surface area contributed by atoms with Gasteiger partial charge in [-0.05, 0) is 41.5 Å². The fraction of sp³-hybridized carbons (Fsp3) is 0.250. The number of amides is 1. The van der Waals surface area contributed by atoms with E-state index in [1.807, 2.05) is 18.2 Å². The number of carbonyl (C=O) groups is 1. The molecule has 1 aliphatic heterocycles. The van der Waals surface area contributed by atoms with Crippen molar-refractivity contribution in [3.05, 3.63) is 101 Å². The maximum atomic E-state index is 14.0. The lowest BCUT2D eigenvalue weighted by Gasteiger charge is -2.33. The molecule has 2 heterocycles. The molecule has 0 N–H and O–H groups in total. The first-order valence-electron chi connectivity index (χ1n) is 9.91. The highest BCUT2D eigenvalue weighted by Gasteiger charge is 2.26. The number of morpholine rings is 1. The Labute approximate surface area is 174 Å². The van der Waals surface area contributed by atoms with Crippen molar-refractivity contribution in [1.29, 1.82) is 0 Å². The van der Waals surface area contributed by atoms with Crippen molar-refractivity contribution < 1.29 is 18.3 Å². The Balaban J connectivity index is 1.43. The molecule has 4 nitrogen and oxygen atoms in total. The average Bonchev–Trinajstić information content (AvgIpc) is 2.77. The first kappa shape index (κ1) is 20.2. The summed E-state index contributed by atoms with van der Waals surface area (Å²) in [5.41, 5.74) is 2.83. The third-order valence-corrected chi connectivity index (χ3v) is 5.18. The summed E-state index contributed by atoms with van der Waals surface area (Å²) in [4.78, 5) is 19.1. The van der Waals surface area contributed by atoms with Gasteiger partial charge in [-0.2, -0.15) is 0 Å². The quantitative estimate of drug-likeness (QED) is 0.639. The van der Waals surface area contributed by atoms with Crippen LogP contribution in [0.25, 0.3) is 0 Å². The third-order valence-electron chi connectivity index (χ3n) is 5.18. The predicted octanol–water partition coefficient (Wildman–Crippen LogP) is 4.09. The fourth-order valence-electron chi connectivity index (χ4n) is 3.56. The molecule has 30 heavy (non-hydrogen) atoms. The highest BCUT2D eigenvalue weighted by Crippen LogP contribution is 2.22. The Bertz CT molecular complexity index is 1020. The van der Waals surface area contributed by atoms with E-state index in [-0.39, 0.29) is 30.1 Å². The van der Waals surface area contributed by atoms with E-state index in [4.69, 9.17) is 4.74 Å². The van der Waals surface area contributed by atoms with E-state index in [0.29, 0.717) is 31.7 Å². The Morgan fingerprint density at radius 2 is 1.83 bits per heavy atom. The summed E-state index contributed by atoms with van der Waals surface area (Å²) in [6, 6.07) is 18.2. The van der Waals surface area contributed by atoms with Crippen LogP contribution in [0.3, 0.4) is 0 Å². The standard InChI is InChI=1S/C24H22F2N2O2/c25-19-10-8-17(9-11-19)14-24(29)28-12-13-30-23(16-28)22-7-3-5-20(27-22)15-18-4-1-2-6-21(18)26/h1-11,23H,12-16H2. The molecule has 1 aromatic heterocycles. The van der Waals surface area contributed by atoms with E-state index >= 15 is 0 Å². The Hall–Kier alpha value is -3.12. The van der Waals surface area contributed by atoms with E-state index < -0.39 is 0 Å². The molecule has 1 atom stereocenters. The van der Waals surface area contributed by atoms with Crippen LogP contribution in [-0.4, -0.2) is 35.5 Å². The molecule has 1 aliphatic rings. The zero-order valence-electron chi connectivity index (χ0n) is 16.4. The lowest BCUT2D eigenvalue weighted by molar-refractivity contribution is -0.138. The van der Waals surface area contributed by atoms with E-state index in [2.05, 4.69) is 4.98 Å². The fourth-order valence-corrected chi connectivity index (χ4v) is 3.56. The minimum absolute atomic E-state index is 0.0302. The molecule has 1 unspecified atom stereocenters. The zero-order chi connectivity index (χ0) is 20.9. The van der Waals surface area contributed by atoms with Crippen LogP contribution < -0.4 is 0 Å². The van der Waals surface area contributed by atoms with Crippen LogP contribution in [0.2, 0.25) is 0 Å². The number of rotatable bonds is 5. The summed E-state index contributed by atoms with van der Waals surface area (Å²) in [5.74, 6) is -0.604. The minimum Gasteiger partial charge on any atom is -0.368 e. The molecule has 1 amide bonds. The van der Waals surface area contributed by atoms with E-state index in [0.717, 1.165) is 17.0 Å². The molecule has 1 fully saturated rings. The lowest BCUT2D eigenvalue weighted by atomic mass is 10.1. The summed E-state index contributed by atoms with van der Waals surface area (Å²) < 4.78 is 32.9. The summed E-state index contributed by atoms with van der Waals surface area (Å²) in [5, 5.41) is 0. The van der Waals surface area contributed by atoms with Crippen LogP contribution in [0.4, 0.5) is 8.78 Å². The monoisotopic (exact) mass is 408 g/mol. The van der Waals surface area contributed by atoms with Gasteiger partial charge in [-0.25, -0.2) is 8.78 Å². The zero-order valence-corrected chi connectivity index (χ0v) is 16.4. The predicted molar refractivity (Wildman–Crippen MR) is 109 cm³/mol. The van der Waals surface area contributed by atoms with E-state index in [1.54, 1.807) is 35.2 Å². The average molecular weight is 408 g/mol. The minimum atomic E-state index is -0.337. The van der Waals surface area contributed by atoms with Crippen molar-refractivity contribution in [3.63, 3.8) is 0 Å². The number of carbonyl (C=O) groups excluding carboxylic acids is 1. The number of hydrogen-bond donors (Lipinski definition) is 0. The molecule has 0 aliphatic carbocycles. The molecule has 0 saturated carbocycles. The molecule has 0 spiro atoms. The van der Waals surface area contributed by atoms with Crippen molar-refractivity contribution in [1.82, 2.24) is 9.88 Å². The van der Waals surface area contributed by atoms with Gasteiger partial charge < -0.3 is 9.64 Å². The number of hydrogen-bond acceptors (Lipinski definition) is 3. The van der Waals surface area contributed by atoms with Crippen molar-refractivity contribution in [2.24, 2.45) is 0 Å². The second-order valence-electron chi connectivity index (χ2n) is 7.32. The largest absolute Gasteiger partial charge is 0.368 e. The van der Waals surface area contributed by atoms with Gasteiger partial charge >= 0.3 is 0 Å². The summed E-state index contributed by atoms with van der Waals surface area (Å²) in [6.45, 7) is 1.32. The topological polar surface area (TPSA) is 42.4 Å². The van der Waals surface area contributed by atoms with Gasteiger partial charge in [-0.1, -0.05) is 36.4 Å². The second kappa shape index (κ2) is 9.13. The van der Waals surface area contributed by atoms with Crippen molar-refractivity contribution in [2.75, 3.05) is 19.7 Å². The number of pyridine rings is 1. The summed E-state index contributed by atoms with van der Waals surface area (Å²) in [7, 11) is 0. The van der Waals surface area contributed by atoms with Crippen molar-refractivity contribution in [3.8, 4) is 0 Å². The molecule has 0 bridgehead atoms. The molecule has 154 valence electrons. The smallest absolute Gasteiger partial charge is 0.227 e. The Kier molecular flexibility index (Phi) is 6.14. The van der Waals surface area contributed by atoms with Gasteiger partial charge in [0.2, 0.25) is 5.91 Å². The van der Waals surface area contributed by atoms with Gasteiger partial charge in [-0.3, -0.25) is 9.78 Å². The normalized spacial score (nSPS) is 16.5. The van der Waals surface area contributed by atoms with Crippen LogP contribution in [0.5, 0.6) is 0 Å². The highest BCUT2D eigenvalue weighted by atomic mass is 19.1. The van der Waals surface area contributed by atoms with Crippen molar-refractivity contribution >= 4 is 5.91 Å². The van der Waals surface area contributed by atoms with Gasteiger partial charge in [0.15, 0.2) is 0 Å². The third kappa shape index (κ3) is 4.89. The molecule has 6 heteroatoms. The number of benzene rings is 2. The van der Waals surface area contributed by atoms with Crippen LogP contribution in [0, 0.1) is 11.6 Å². The molecule has 3 aromatic rings. The SMILES string of the molecule is O=C(Cc1ccc(F)cc1)N1CCOC(c2cccc(Cc3ccccc3F)n2)C1. The second-order valence-corrected chi connectivity index (χ2v) is 7.32. The van der Waals surface area contributed by atoms with Crippen LogP contribution in [0.15, 0.2) is 66.7 Å². The number of aromatic nitrogens is 1. The Morgan fingerprint density at radius 1 is 1.03 bits per heavy atom.